The first-order valence-electron chi connectivity index (χ1n) is 12.9. The van der Waals surface area contributed by atoms with Gasteiger partial charge in [-0.25, -0.2) is 0 Å². The molecule has 2 aliphatic rings. The maximum Gasteiger partial charge on any atom is 0.229 e. The molecule has 15 heteroatoms. The average Bonchev–Trinajstić information content (AvgIpc) is 2.97. The van der Waals surface area contributed by atoms with E-state index in [1.54, 1.807) is 0 Å². The van der Waals surface area contributed by atoms with Gasteiger partial charge in [-0.1, -0.05) is 0 Å². The van der Waals surface area contributed by atoms with Gasteiger partial charge in [0.05, 0.1) is 18.8 Å². The van der Waals surface area contributed by atoms with Crippen LogP contribution in [-0.2, 0) is 9.47 Å². The lowest BCUT2D eigenvalue weighted by Crippen LogP contribution is -2.60. The molecule has 0 radical (unpaired) electrons. The Bertz CT molecular complexity index is 1470. The number of hydrogen-bond donors (Lipinski definition) is 10. The van der Waals surface area contributed by atoms with E-state index in [1.165, 1.54) is 24.3 Å². The van der Waals surface area contributed by atoms with Gasteiger partial charge in [-0.05, 0) is 24.3 Å². The molecule has 42 heavy (non-hydrogen) atoms. The molecular weight excluding hydrogens is 564 g/mol. The van der Waals surface area contributed by atoms with Crippen molar-refractivity contribution in [3.8, 4) is 28.6 Å². The van der Waals surface area contributed by atoms with Crippen molar-refractivity contribution < 1.29 is 69.7 Å². The number of rotatable bonds is 6. The predicted octanol–water partition coefficient (Wildman–Crippen LogP) is -2.44. The number of benzene rings is 2. The molecule has 3 heterocycles. The second-order valence-corrected chi connectivity index (χ2v) is 10.1. The monoisotopic (exact) mass is 594 g/mol. The van der Waals surface area contributed by atoms with Crippen molar-refractivity contribution in [2.45, 2.75) is 61.2 Å². The van der Waals surface area contributed by atoms with Crippen LogP contribution < -0.4 is 10.2 Å². The van der Waals surface area contributed by atoms with E-state index in [0.29, 0.717) is 5.56 Å². The van der Waals surface area contributed by atoms with Crippen molar-refractivity contribution in [2.75, 3.05) is 13.2 Å². The summed E-state index contributed by atoms with van der Waals surface area (Å²) < 4.78 is 22.6. The molecule has 0 amide bonds. The van der Waals surface area contributed by atoms with E-state index < -0.39 is 102 Å². The Hall–Kier alpha value is -3.35. The topological polar surface area (TPSA) is 260 Å². The van der Waals surface area contributed by atoms with Crippen LogP contribution in [-0.4, -0.2) is 119 Å². The SMILES string of the molecule is O=c1cc(-c2ccc(O)cc2)oc2cc(O[C@H]3O[C@H](CO)[C@H](O)[C@@H](O)[C@H]3O)c([C@@H]3O[C@H](CO)[C@H](O)[C@@H](O)[C@H]3O)c(O)c12. The number of phenolic OH excluding ortho intramolecular Hbond substituents is 2. The summed E-state index contributed by atoms with van der Waals surface area (Å²) in [4.78, 5) is 13.2. The average molecular weight is 595 g/mol. The largest absolute Gasteiger partial charge is 0.508 e. The van der Waals surface area contributed by atoms with Crippen LogP contribution >= 0.6 is 0 Å². The third kappa shape index (κ3) is 5.20. The highest BCUT2D eigenvalue weighted by atomic mass is 16.7. The first-order valence-corrected chi connectivity index (χ1v) is 12.9. The lowest BCUT2D eigenvalue weighted by atomic mass is 9.89. The molecule has 2 aliphatic heterocycles. The summed E-state index contributed by atoms with van der Waals surface area (Å²) in [5.41, 5.74) is -1.13. The van der Waals surface area contributed by atoms with E-state index in [0.717, 1.165) is 12.1 Å². The minimum Gasteiger partial charge on any atom is -0.508 e. The summed E-state index contributed by atoms with van der Waals surface area (Å²) in [7, 11) is 0. The third-order valence-electron chi connectivity index (χ3n) is 7.41. The van der Waals surface area contributed by atoms with E-state index in [2.05, 4.69) is 0 Å². The van der Waals surface area contributed by atoms with Gasteiger partial charge in [-0.2, -0.15) is 0 Å². The van der Waals surface area contributed by atoms with Crippen molar-refractivity contribution in [1.82, 2.24) is 0 Å². The van der Waals surface area contributed by atoms with Crippen LogP contribution in [0.4, 0.5) is 0 Å². The standard InChI is InChI=1S/C27H30O15/c28-7-15-19(32)22(35)24(37)26(40-15)18-14(41-27-25(38)23(36)20(33)16(8-29)42-27)6-13-17(21(18)34)11(31)5-12(39-13)9-1-3-10(30)4-2-9/h1-6,15-16,19-20,22-30,32-38H,7-8H2/t15-,16-,19+,20+,22-,23-,24-,25-,26+,27+/m1/s1. The van der Waals surface area contributed by atoms with E-state index in [-0.39, 0.29) is 17.1 Å². The van der Waals surface area contributed by atoms with Crippen LogP contribution in [0, 0.1) is 0 Å². The Balaban J connectivity index is 1.68. The quantitative estimate of drug-likeness (QED) is 0.142. The van der Waals surface area contributed by atoms with Gasteiger partial charge in [0.25, 0.3) is 0 Å². The normalized spacial score (nSPS) is 33.5. The first kappa shape index (κ1) is 30.1. The molecule has 15 nitrogen and oxygen atoms in total. The Kier molecular flexibility index (Phi) is 8.41. The molecule has 0 bridgehead atoms. The summed E-state index contributed by atoms with van der Waals surface area (Å²) in [5, 5.41) is 102. The lowest BCUT2D eigenvalue weighted by molar-refractivity contribution is -0.278. The summed E-state index contributed by atoms with van der Waals surface area (Å²) >= 11 is 0. The molecule has 3 aromatic rings. The first-order chi connectivity index (χ1) is 20.0. The third-order valence-corrected chi connectivity index (χ3v) is 7.41. The Labute approximate surface area is 236 Å². The smallest absolute Gasteiger partial charge is 0.229 e. The zero-order chi connectivity index (χ0) is 30.5. The molecule has 2 saturated heterocycles. The minimum absolute atomic E-state index is 0.0197. The van der Waals surface area contributed by atoms with Crippen LogP contribution in [0.2, 0.25) is 0 Å². The van der Waals surface area contributed by atoms with E-state index in [1.807, 2.05) is 0 Å². The molecular formula is C27H30O15. The van der Waals surface area contributed by atoms with Crippen molar-refractivity contribution in [1.29, 1.82) is 0 Å². The van der Waals surface area contributed by atoms with Gasteiger partial charge in [0.2, 0.25) is 6.29 Å². The summed E-state index contributed by atoms with van der Waals surface area (Å²) in [5.74, 6) is -1.33. The second kappa shape index (κ2) is 11.7. The fraction of sp³-hybridized carbons (Fsp3) is 0.444. The maximum atomic E-state index is 13.2. The molecule has 10 N–H and O–H groups in total. The Morgan fingerprint density at radius 1 is 0.738 bits per heavy atom. The molecule has 228 valence electrons. The van der Waals surface area contributed by atoms with E-state index in [4.69, 9.17) is 18.6 Å². The van der Waals surface area contributed by atoms with Gasteiger partial charge in [0.15, 0.2) is 5.43 Å². The van der Waals surface area contributed by atoms with E-state index >= 15 is 0 Å². The highest BCUT2D eigenvalue weighted by Gasteiger charge is 2.48. The zero-order valence-corrected chi connectivity index (χ0v) is 21.7. The summed E-state index contributed by atoms with van der Waals surface area (Å²) in [6.45, 7) is -1.59. The van der Waals surface area contributed by atoms with Crippen LogP contribution in [0.5, 0.6) is 17.2 Å². The number of ether oxygens (including phenoxy) is 3. The number of aromatic hydroxyl groups is 2. The lowest BCUT2D eigenvalue weighted by Gasteiger charge is -2.42. The van der Waals surface area contributed by atoms with Crippen molar-refractivity contribution in [3.05, 3.63) is 52.2 Å². The molecule has 5 rings (SSSR count). The Morgan fingerprint density at radius 3 is 1.95 bits per heavy atom. The maximum absolute atomic E-state index is 13.2. The molecule has 10 atom stereocenters. The van der Waals surface area contributed by atoms with E-state index in [9.17, 15) is 55.9 Å². The fourth-order valence-corrected chi connectivity index (χ4v) is 5.07. The predicted molar refractivity (Wildman–Crippen MR) is 138 cm³/mol. The minimum atomic E-state index is -1.94. The molecule has 1 aromatic heterocycles. The molecule has 0 saturated carbocycles. The molecule has 2 aromatic carbocycles. The number of fused-ring (bicyclic) bond motifs is 1. The molecule has 0 unspecified atom stereocenters. The number of aliphatic hydroxyl groups is 8. The van der Waals surface area contributed by atoms with Gasteiger partial charge in [0, 0.05) is 17.7 Å². The highest BCUT2D eigenvalue weighted by molar-refractivity contribution is 5.88. The highest BCUT2D eigenvalue weighted by Crippen LogP contribution is 2.46. The Morgan fingerprint density at radius 2 is 1.33 bits per heavy atom. The van der Waals surface area contributed by atoms with Crippen LogP contribution in [0.25, 0.3) is 22.3 Å². The summed E-state index contributed by atoms with van der Waals surface area (Å²) in [6, 6.07) is 7.78. The van der Waals surface area contributed by atoms with Crippen molar-refractivity contribution >= 4 is 11.0 Å². The van der Waals surface area contributed by atoms with Crippen LogP contribution in [0.15, 0.2) is 45.6 Å². The van der Waals surface area contributed by atoms with Gasteiger partial charge >= 0.3 is 0 Å². The van der Waals surface area contributed by atoms with Crippen LogP contribution in [0.3, 0.4) is 0 Å². The van der Waals surface area contributed by atoms with Gasteiger partial charge in [-0.3, -0.25) is 4.79 Å². The van der Waals surface area contributed by atoms with Crippen molar-refractivity contribution in [3.63, 3.8) is 0 Å². The second-order valence-electron chi connectivity index (χ2n) is 10.1. The fourth-order valence-electron chi connectivity index (χ4n) is 5.07. The number of hydrogen-bond acceptors (Lipinski definition) is 15. The molecule has 0 aliphatic carbocycles. The molecule has 2 fully saturated rings. The molecule has 0 spiro atoms. The number of phenols is 2. The van der Waals surface area contributed by atoms with Gasteiger partial charge < -0.3 is 69.7 Å². The van der Waals surface area contributed by atoms with Gasteiger partial charge in [-0.15, -0.1) is 0 Å². The number of aliphatic hydroxyl groups excluding tert-OH is 8. The summed E-state index contributed by atoms with van der Waals surface area (Å²) in [6.07, 6.45) is -17.4. The zero-order valence-electron chi connectivity index (χ0n) is 21.7. The van der Waals surface area contributed by atoms with Crippen LogP contribution in [0.1, 0.15) is 11.7 Å². The van der Waals surface area contributed by atoms with Gasteiger partial charge in [0.1, 0.15) is 88.9 Å². The van der Waals surface area contributed by atoms with Crippen molar-refractivity contribution in [2.24, 2.45) is 0 Å².